The van der Waals surface area contributed by atoms with Crippen LogP contribution in [-0.4, -0.2) is 12.0 Å². The maximum absolute atomic E-state index is 11.9. The minimum Gasteiger partial charge on any atom is -0.294 e. The van der Waals surface area contributed by atoms with Gasteiger partial charge in [-0.1, -0.05) is 27.5 Å². The van der Waals surface area contributed by atoms with Crippen molar-refractivity contribution in [2.24, 2.45) is 0 Å². The third-order valence-corrected chi connectivity index (χ3v) is 2.50. The normalized spacial score (nSPS) is 11.6. The second kappa shape index (κ2) is 5.19. The monoisotopic (exact) mass is 314 g/mol. The molecular formula is C10H7BrClF3O. The fraction of sp³-hybridized carbons (Fsp3) is 0.300. The molecule has 1 nitrogen and oxygen atoms in total. The third kappa shape index (κ3) is 4.53. The van der Waals surface area contributed by atoms with Crippen molar-refractivity contribution < 1.29 is 18.0 Å². The van der Waals surface area contributed by atoms with E-state index in [0.717, 1.165) is 0 Å². The van der Waals surface area contributed by atoms with Crippen molar-refractivity contribution in [3.8, 4) is 0 Å². The lowest BCUT2D eigenvalue weighted by Gasteiger charge is -2.06. The van der Waals surface area contributed by atoms with Crippen LogP contribution in [0.5, 0.6) is 0 Å². The molecule has 0 aliphatic rings. The molecule has 0 amide bonds. The van der Waals surface area contributed by atoms with Gasteiger partial charge in [0, 0.05) is 21.5 Å². The van der Waals surface area contributed by atoms with Crippen molar-refractivity contribution in [1.29, 1.82) is 0 Å². The maximum atomic E-state index is 11.9. The van der Waals surface area contributed by atoms with E-state index in [-0.39, 0.29) is 5.56 Å². The van der Waals surface area contributed by atoms with E-state index in [2.05, 4.69) is 15.9 Å². The van der Waals surface area contributed by atoms with Crippen LogP contribution in [0.1, 0.15) is 23.2 Å². The van der Waals surface area contributed by atoms with E-state index in [9.17, 15) is 18.0 Å². The SMILES string of the molecule is O=C(CCC(F)(F)F)c1cc(Cl)cc(Br)c1. The Kier molecular flexibility index (Phi) is 4.38. The molecule has 0 N–H and O–H groups in total. The van der Waals surface area contributed by atoms with E-state index in [1.165, 1.54) is 12.1 Å². The first-order valence-electron chi connectivity index (χ1n) is 4.34. The Balaban J connectivity index is 2.73. The van der Waals surface area contributed by atoms with Crippen LogP contribution in [0.3, 0.4) is 0 Å². The molecule has 0 bridgehead atoms. The number of carbonyl (C=O) groups is 1. The van der Waals surface area contributed by atoms with Crippen molar-refractivity contribution in [2.75, 3.05) is 0 Å². The van der Waals surface area contributed by atoms with Gasteiger partial charge < -0.3 is 0 Å². The molecule has 1 aromatic carbocycles. The van der Waals surface area contributed by atoms with E-state index in [4.69, 9.17) is 11.6 Å². The fourth-order valence-electron chi connectivity index (χ4n) is 1.11. The molecule has 0 aliphatic carbocycles. The number of rotatable bonds is 3. The van der Waals surface area contributed by atoms with Crippen molar-refractivity contribution in [3.63, 3.8) is 0 Å². The molecule has 0 heterocycles. The molecule has 0 fully saturated rings. The van der Waals surface area contributed by atoms with E-state index < -0.39 is 24.8 Å². The number of carbonyl (C=O) groups excluding carboxylic acids is 1. The van der Waals surface area contributed by atoms with Gasteiger partial charge in [0.25, 0.3) is 0 Å². The molecule has 6 heteroatoms. The minimum absolute atomic E-state index is 0.184. The second-order valence-electron chi connectivity index (χ2n) is 3.20. The summed E-state index contributed by atoms with van der Waals surface area (Å²) in [6.45, 7) is 0. The van der Waals surface area contributed by atoms with Gasteiger partial charge in [0.15, 0.2) is 5.78 Å². The highest BCUT2D eigenvalue weighted by Crippen LogP contribution is 2.25. The van der Waals surface area contributed by atoms with E-state index >= 15 is 0 Å². The molecule has 0 unspecified atom stereocenters. The summed E-state index contributed by atoms with van der Waals surface area (Å²) in [6, 6.07) is 4.36. The summed E-state index contributed by atoms with van der Waals surface area (Å²) in [6.07, 6.45) is -5.99. The minimum atomic E-state index is -4.31. The smallest absolute Gasteiger partial charge is 0.294 e. The van der Waals surface area contributed by atoms with Gasteiger partial charge >= 0.3 is 6.18 Å². The molecule has 0 aromatic heterocycles. The van der Waals surface area contributed by atoms with Crippen molar-refractivity contribution in [2.45, 2.75) is 19.0 Å². The molecule has 16 heavy (non-hydrogen) atoms. The Morgan fingerprint density at radius 1 is 1.31 bits per heavy atom. The largest absolute Gasteiger partial charge is 0.389 e. The zero-order valence-corrected chi connectivity index (χ0v) is 10.3. The standard InChI is InChI=1S/C10H7BrClF3O/c11-7-3-6(4-8(12)5-7)9(16)1-2-10(13,14)15/h3-5H,1-2H2. The molecule has 0 radical (unpaired) electrons. The molecule has 1 rings (SSSR count). The van der Waals surface area contributed by atoms with E-state index in [1.54, 1.807) is 6.07 Å². The predicted octanol–water partition coefficient (Wildman–Crippen LogP) is 4.63. The van der Waals surface area contributed by atoms with E-state index in [1.807, 2.05) is 0 Å². The average Bonchev–Trinajstić information content (AvgIpc) is 2.11. The molecule has 0 atom stereocenters. The zero-order chi connectivity index (χ0) is 12.3. The summed E-state index contributed by atoms with van der Waals surface area (Å²) in [5, 5.41) is 0.310. The number of halogens is 5. The maximum Gasteiger partial charge on any atom is 0.389 e. The Bertz CT molecular complexity index is 383. The molecule has 0 spiro atoms. The van der Waals surface area contributed by atoms with Crippen LogP contribution in [0.4, 0.5) is 13.2 Å². The van der Waals surface area contributed by atoms with Crippen LogP contribution < -0.4 is 0 Å². The Morgan fingerprint density at radius 2 is 1.94 bits per heavy atom. The first-order valence-corrected chi connectivity index (χ1v) is 5.51. The van der Waals surface area contributed by atoms with Crippen LogP contribution in [0, 0.1) is 0 Å². The Labute approximate surface area is 104 Å². The summed E-state index contributed by atoms with van der Waals surface area (Å²) in [7, 11) is 0. The summed E-state index contributed by atoms with van der Waals surface area (Å²) in [5.41, 5.74) is 0.184. The molecule has 1 aromatic rings. The number of benzene rings is 1. The van der Waals surface area contributed by atoms with Gasteiger partial charge in [0.2, 0.25) is 0 Å². The molecular weight excluding hydrogens is 308 g/mol. The number of hydrogen-bond acceptors (Lipinski definition) is 1. The van der Waals surface area contributed by atoms with Crippen molar-refractivity contribution in [1.82, 2.24) is 0 Å². The summed E-state index contributed by atoms with van der Waals surface area (Å²) in [5.74, 6) is -0.569. The summed E-state index contributed by atoms with van der Waals surface area (Å²) in [4.78, 5) is 11.4. The molecule has 0 aliphatic heterocycles. The summed E-state index contributed by atoms with van der Waals surface area (Å²) < 4.78 is 36.3. The highest BCUT2D eigenvalue weighted by molar-refractivity contribution is 9.10. The van der Waals surface area contributed by atoms with Crippen LogP contribution >= 0.6 is 27.5 Å². The zero-order valence-electron chi connectivity index (χ0n) is 7.94. The first-order chi connectivity index (χ1) is 7.28. The predicted molar refractivity (Wildman–Crippen MR) is 58.8 cm³/mol. The van der Waals surface area contributed by atoms with Gasteiger partial charge in [-0.2, -0.15) is 13.2 Å². The van der Waals surface area contributed by atoms with Crippen molar-refractivity contribution >= 4 is 33.3 Å². The van der Waals surface area contributed by atoms with Gasteiger partial charge in [-0.15, -0.1) is 0 Å². The molecule has 88 valence electrons. The van der Waals surface area contributed by atoms with Crippen LogP contribution in [-0.2, 0) is 0 Å². The first kappa shape index (κ1) is 13.5. The van der Waals surface area contributed by atoms with Gasteiger partial charge in [-0.3, -0.25) is 4.79 Å². The average molecular weight is 316 g/mol. The number of ketones is 1. The van der Waals surface area contributed by atoms with Gasteiger partial charge in [-0.05, 0) is 18.2 Å². The lowest BCUT2D eigenvalue weighted by atomic mass is 10.1. The van der Waals surface area contributed by atoms with Crippen LogP contribution in [0.25, 0.3) is 0 Å². The molecule has 0 saturated heterocycles. The Morgan fingerprint density at radius 3 is 2.44 bits per heavy atom. The lowest BCUT2D eigenvalue weighted by Crippen LogP contribution is -2.10. The van der Waals surface area contributed by atoms with Gasteiger partial charge in [0.1, 0.15) is 0 Å². The lowest BCUT2D eigenvalue weighted by molar-refractivity contribution is -0.133. The van der Waals surface area contributed by atoms with Gasteiger partial charge in [-0.25, -0.2) is 0 Å². The number of alkyl halides is 3. The van der Waals surface area contributed by atoms with Crippen LogP contribution in [0.2, 0.25) is 5.02 Å². The Hall–Kier alpha value is -0.550. The van der Waals surface area contributed by atoms with E-state index in [0.29, 0.717) is 9.50 Å². The topological polar surface area (TPSA) is 17.1 Å². The van der Waals surface area contributed by atoms with Gasteiger partial charge in [0.05, 0.1) is 6.42 Å². The third-order valence-electron chi connectivity index (χ3n) is 1.82. The van der Waals surface area contributed by atoms with Crippen molar-refractivity contribution in [3.05, 3.63) is 33.3 Å². The number of Topliss-reactive ketones (excluding diaryl/α,β-unsaturated/α-hetero) is 1. The number of hydrogen-bond donors (Lipinski definition) is 0. The highest BCUT2D eigenvalue weighted by Gasteiger charge is 2.28. The quantitative estimate of drug-likeness (QED) is 0.743. The highest BCUT2D eigenvalue weighted by atomic mass is 79.9. The van der Waals surface area contributed by atoms with Crippen LogP contribution in [0.15, 0.2) is 22.7 Å². The fourth-order valence-corrected chi connectivity index (χ4v) is 1.97. The molecule has 0 saturated carbocycles. The summed E-state index contributed by atoms with van der Waals surface area (Å²) >= 11 is 8.79. The second-order valence-corrected chi connectivity index (χ2v) is 4.55.